The highest BCUT2D eigenvalue weighted by molar-refractivity contribution is 6.00. The van der Waals surface area contributed by atoms with Gasteiger partial charge in [0.05, 0.1) is 12.0 Å². The summed E-state index contributed by atoms with van der Waals surface area (Å²) >= 11 is 0. The quantitative estimate of drug-likeness (QED) is 0.843. The van der Waals surface area contributed by atoms with Gasteiger partial charge in [-0.2, -0.15) is 0 Å². The van der Waals surface area contributed by atoms with Crippen LogP contribution in [0, 0.1) is 0 Å². The normalized spacial score (nSPS) is 17.7. The fraction of sp³-hybridized carbons (Fsp3) is 0.375. The molecule has 2 heterocycles. The van der Waals surface area contributed by atoms with Gasteiger partial charge in [0.25, 0.3) is 5.91 Å². The van der Waals surface area contributed by atoms with Gasteiger partial charge in [-0.15, -0.1) is 0 Å². The van der Waals surface area contributed by atoms with Crippen LogP contribution in [0.5, 0.6) is 5.75 Å². The van der Waals surface area contributed by atoms with Crippen LogP contribution in [0.25, 0.3) is 11.0 Å². The number of carbonyl (C=O) groups is 2. The molecule has 0 saturated carbocycles. The average Bonchev–Trinajstić information content (AvgIpc) is 2.82. The van der Waals surface area contributed by atoms with E-state index < -0.39 is 17.7 Å². The molecule has 1 aliphatic heterocycles. The molecule has 0 spiro atoms. The monoisotopic (exact) mass is 318 g/mol. The maximum Gasteiger partial charge on any atom is 0.408 e. The third-order valence-corrected chi connectivity index (χ3v) is 3.23. The zero-order valence-electron chi connectivity index (χ0n) is 13.1. The number of amides is 2. The van der Waals surface area contributed by atoms with Gasteiger partial charge < -0.3 is 24.5 Å². The molecule has 2 aromatic rings. The van der Waals surface area contributed by atoms with Crippen LogP contribution < -0.4 is 15.4 Å². The Hall–Kier alpha value is -2.70. The second kappa shape index (κ2) is 5.49. The molecule has 7 heteroatoms. The Morgan fingerprint density at radius 3 is 2.91 bits per heavy atom. The Labute approximate surface area is 132 Å². The van der Waals surface area contributed by atoms with Crippen molar-refractivity contribution < 1.29 is 23.5 Å². The number of nitrogens with one attached hydrogen (secondary N) is 2. The van der Waals surface area contributed by atoms with Crippen molar-refractivity contribution in [2.75, 3.05) is 11.9 Å². The number of benzene rings is 1. The minimum Gasteiger partial charge on any atom is -0.489 e. The summed E-state index contributed by atoms with van der Waals surface area (Å²) in [5, 5.41) is 6.11. The Kier molecular flexibility index (Phi) is 3.63. The van der Waals surface area contributed by atoms with E-state index in [1.54, 1.807) is 45.2 Å². The molecule has 3 rings (SSSR count). The van der Waals surface area contributed by atoms with Gasteiger partial charge in [-0.05, 0) is 32.9 Å². The number of hydrogen-bond acceptors (Lipinski definition) is 5. The SMILES string of the molecule is CC(C)(C)OC(=O)N[C@H]1COc2cc3occc3cc2NC1=O. The molecule has 7 nitrogen and oxygen atoms in total. The molecular weight excluding hydrogens is 300 g/mol. The average molecular weight is 318 g/mol. The molecule has 0 saturated heterocycles. The fourth-order valence-electron chi connectivity index (χ4n) is 2.23. The first-order valence-electron chi connectivity index (χ1n) is 7.26. The summed E-state index contributed by atoms with van der Waals surface area (Å²) in [5.74, 6) is 0.131. The van der Waals surface area contributed by atoms with Gasteiger partial charge in [0.15, 0.2) is 0 Å². The van der Waals surface area contributed by atoms with Crippen molar-refractivity contribution in [1.29, 1.82) is 0 Å². The van der Waals surface area contributed by atoms with Crippen molar-refractivity contribution in [3.63, 3.8) is 0 Å². The van der Waals surface area contributed by atoms with E-state index in [0.717, 1.165) is 5.39 Å². The molecule has 1 atom stereocenters. The van der Waals surface area contributed by atoms with E-state index in [1.165, 1.54) is 0 Å². The first-order valence-corrected chi connectivity index (χ1v) is 7.26. The van der Waals surface area contributed by atoms with Crippen molar-refractivity contribution >= 4 is 28.7 Å². The van der Waals surface area contributed by atoms with Crippen molar-refractivity contribution in [1.82, 2.24) is 5.32 Å². The number of carbonyl (C=O) groups excluding carboxylic acids is 2. The van der Waals surface area contributed by atoms with E-state index in [4.69, 9.17) is 13.9 Å². The number of alkyl carbamates (subject to hydrolysis) is 1. The highest BCUT2D eigenvalue weighted by Gasteiger charge is 2.28. The molecular formula is C16H18N2O5. The van der Waals surface area contributed by atoms with Crippen molar-refractivity contribution in [2.24, 2.45) is 0 Å². The Morgan fingerprint density at radius 2 is 2.17 bits per heavy atom. The Bertz CT molecular complexity index is 759. The molecule has 2 N–H and O–H groups in total. The summed E-state index contributed by atoms with van der Waals surface area (Å²) in [5.41, 5.74) is 0.563. The van der Waals surface area contributed by atoms with Gasteiger partial charge >= 0.3 is 6.09 Å². The van der Waals surface area contributed by atoms with Crippen LogP contribution in [0.4, 0.5) is 10.5 Å². The van der Waals surface area contributed by atoms with E-state index in [0.29, 0.717) is 17.0 Å². The van der Waals surface area contributed by atoms with Crippen LogP contribution in [0.3, 0.4) is 0 Å². The number of rotatable bonds is 1. The zero-order valence-corrected chi connectivity index (χ0v) is 13.1. The Morgan fingerprint density at radius 1 is 1.39 bits per heavy atom. The van der Waals surface area contributed by atoms with Crippen LogP contribution in [0.15, 0.2) is 28.9 Å². The summed E-state index contributed by atoms with van der Waals surface area (Å²) < 4.78 is 16.1. The molecule has 1 aromatic carbocycles. The summed E-state index contributed by atoms with van der Waals surface area (Å²) in [6.07, 6.45) is 0.902. The summed E-state index contributed by atoms with van der Waals surface area (Å²) in [4.78, 5) is 24.1. The van der Waals surface area contributed by atoms with Crippen LogP contribution in [0.2, 0.25) is 0 Å². The summed E-state index contributed by atoms with van der Waals surface area (Å²) in [6.45, 7) is 5.26. The predicted molar refractivity (Wildman–Crippen MR) is 83.5 cm³/mol. The number of ether oxygens (including phenoxy) is 2. The summed E-state index contributed by atoms with van der Waals surface area (Å²) in [6, 6.07) is 4.43. The van der Waals surface area contributed by atoms with E-state index >= 15 is 0 Å². The van der Waals surface area contributed by atoms with Gasteiger partial charge in [-0.1, -0.05) is 0 Å². The van der Waals surface area contributed by atoms with Crippen LogP contribution in [-0.2, 0) is 9.53 Å². The molecule has 2 amide bonds. The molecule has 0 bridgehead atoms. The number of anilines is 1. The summed E-state index contributed by atoms with van der Waals surface area (Å²) in [7, 11) is 0. The number of fused-ring (bicyclic) bond motifs is 2. The van der Waals surface area contributed by atoms with Crippen molar-refractivity contribution in [2.45, 2.75) is 32.4 Å². The van der Waals surface area contributed by atoms with E-state index in [1.807, 2.05) is 0 Å². The maximum atomic E-state index is 12.3. The van der Waals surface area contributed by atoms with Crippen LogP contribution >= 0.6 is 0 Å². The smallest absolute Gasteiger partial charge is 0.408 e. The molecule has 1 aliphatic rings. The molecule has 23 heavy (non-hydrogen) atoms. The third-order valence-electron chi connectivity index (χ3n) is 3.23. The van der Waals surface area contributed by atoms with Gasteiger partial charge in [0.2, 0.25) is 0 Å². The number of furan rings is 1. The Balaban J connectivity index is 1.75. The first kappa shape index (κ1) is 15.2. The predicted octanol–water partition coefficient (Wildman–Crippen LogP) is 2.66. The zero-order chi connectivity index (χ0) is 16.6. The van der Waals surface area contributed by atoms with Gasteiger partial charge in [0.1, 0.15) is 29.6 Å². The third kappa shape index (κ3) is 3.39. The molecule has 0 fully saturated rings. The second-order valence-corrected chi connectivity index (χ2v) is 6.31. The lowest BCUT2D eigenvalue weighted by molar-refractivity contribution is -0.118. The van der Waals surface area contributed by atoms with Crippen molar-refractivity contribution in [3.8, 4) is 5.75 Å². The van der Waals surface area contributed by atoms with Crippen LogP contribution in [0.1, 0.15) is 20.8 Å². The topological polar surface area (TPSA) is 89.8 Å². The fourth-order valence-corrected chi connectivity index (χ4v) is 2.23. The minimum atomic E-state index is -0.844. The van der Waals surface area contributed by atoms with Crippen molar-refractivity contribution in [3.05, 3.63) is 24.5 Å². The molecule has 0 radical (unpaired) electrons. The minimum absolute atomic E-state index is 0.00426. The lowest BCUT2D eigenvalue weighted by Crippen LogP contribution is -2.48. The second-order valence-electron chi connectivity index (χ2n) is 6.31. The lowest BCUT2D eigenvalue weighted by Gasteiger charge is -2.22. The van der Waals surface area contributed by atoms with E-state index in [-0.39, 0.29) is 12.5 Å². The van der Waals surface area contributed by atoms with Crippen LogP contribution in [-0.4, -0.2) is 30.3 Å². The number of hydrogen-bond donors (Lipinski definition) is 2. The molecule has 0 aliphatic carbocycles. The maximum absolute atomic E-state index is 12.3. The van der Waals surface area contributed by atoms with Gasteiger partial charge in [-0.3, -0.25) is 4.79 Å². The van der Waals surface area contributed by atoms with Gasteiger partial charge in [-0.25, -0.2) is 4.79 Å². The van der Waals surface area contributed by atoms with E-state index in [2.05, 4.69) is 10.6 Å². The van der Waals surface area contributed by atoms with Gasteiger partial charge in [0, 0.05) is 11.5 Å². The largest absolute Gasteiger partial charge is 0.489 e. The lowest BCUT2D eigenvalue weighted by atomic mass is 10.2. The molecule has 122 valence electrons. The van der Waals surface area contributed by atoms with E-state index in [9.17, 15) is 9.59 Å². The highest BCUT2D eigenvalue weighted by atomic mass is 16.6. The molecule has 1 aromatic heterocycles. The molecule has 0 unspecified atom stereocenters. The standard InChI is InChI=1S/C16H18N2O5/c1-16(2,3)23-15(20)18-11-8-22-13-7-12-9(4-5-21-12)6-10(13)17-14(11)19/h4-7,11H,8H2,1-3H3,(H,17,19)(H,18,20)/t11-/m0/s1. The first-order chi connectivity index (χ1) is 10.8. The highest BCUT2D eigenvalue weighted by Crippen LogP contribution is 2.32.